The van der Waals surface area contributed by atoms with Gasteiger partial charge in [0.2, 0.25) is 0 Å². The average molecular weight is 315 g/mol. The highest BCUT2D eigenvalue weighted by molar-refractivity contribution is 14.2. The predicted octanol–water partition coefficient (Wildman–Crippen LogP) is 1.70. The third-order valence-electron chi connectivity index (χ3n) is 0. The van der Waals surface area contributed by atoms with Gasteiger partial charge in [-0.25, -0.2) is 0 Å². The van der Waals surface area contributed by atoms with E-state index in [2.05, 4.69) is 28.9 Å². The molecule has 0 rings (SSSR count). The van der Waals surface area contributed by atoms with Gasteiger partial charge in [0.05, 0.1) is 0 Å². The summed E-state index contributed by atoms with van der Waals surface area (Å²) in [5.41, 5.74) is 0. The molecular formula is CH2I2OP+. The molecule has 0 aliphatic heterocycles. The van der Waals surface area contributed by atoms with Crippen molar-refractivity contribution in [2.75, 3.05) is 0 Å². The molecule has 0 N–H and O–H groups in total. The third kappa shape index (κ3) is 30.5. The van der Waals surface area contributed by atoms with E-state index in [4.69, 9.17) is 4.79 Å². The minimum Gasteiger partial charge on any atom is -0.0702 e. The Kier molecular flexibility index (Phi) is 34.7. The van der Waals surface area contributed by atoms with Gasteiger partial charge in [-0.15, -0.1) is 0 Å². The summed E-state index contributed by atoms with van der Waals surface area (Å²) in [5.74, 6) is 0. The first-order valence-electron chi connectivity index (χ1n) is 0.611. The van der Waals surface area contributed by atoms with Crippen LogP contribution in [0.25, 0.3) is 0 Å². The van der Waals surface area contributed by atoms with Crippen LogP contribution in [0.3, 0.4) is 0 Å². The minimum absolute atomic E-state index is 1.47. The maximum absolute atomic E-state index is 8.67. The standard InChI is InChI=1S/CIO.H2IP/c2-1-3;1-2/h;2H2/q+1;. The van der Waals surface area contributed by atoms with Crippen molar-refractivity contribution in [2.24, 2.45) is 0 Å². The largest absolute Gasteiger partial charge is 0.580 e. The maximum Gasteiger partial charge on any atom is 0.580 e. The van der Waals surface area contributed by atoms with Crippen LogP contribution in [0.4, 0.5) is 0 Å². The molecule has 1 atom stereocenters. The molecule has 0 amide bonds. The summed E-state index contributed by atoms with van der Waals surface area (Å²) in [6.45, 7) is 2.39. The lowest BCUT2D eigenvalue weighted by atomic mass is 11.9. The summed E-state index contributed by atoms with van der Waals surface area (Å²) in [7, 11) is 0. The van der Waals surface area contributed by atoms with E-state index in [0.717, 1.165) is 0 Å². The van der Waals surface area contributed by atoms with Gasteiger partial charge in [0.25, 0.3) is 0 Å². The maximum atomic E-state index is 8.67. The Balaban J connectivity index is 0. The summed E-state index contributed by atoms with van der Waals surface area (Å²) in [4.78, 5) is 8.67. The van der Waals surface area contributed by atoms with E-state index in [9.17, 15) is 0 Å². The Morgan fingerprint density at radius 3 is 1.60 bits per heavy atom. The molecule has 5 heavy (non-hydrogen) atoms. The Labute approximate surface area is 60.1 Å². The van der Waals surface area contributed by atoms with Crippen LogP contribution >= 0.6 is 51.5 Å². The zero-order chi connectivity index (χ0) is 4.71. The first kappa shape index (κ1) is 9.69. The zero-order valence-electron chi connectivity index (χ0n) is 2.24. The fourth-order valence-corrected chi connectivity index (χ4v) is 0. The van der Waals surface area contributed by atoms with Crippen molar-refractivity contribution in [3.05, 3.63) is 0 Å². The first-order valence-corrected chi connectivity index (χ1v) is 5.86. The van der Waals surface area contributed by atoms with Gasteiger partial charge in [0.1, 0.15) is 0 Å². The average Bonchev–Trinajstić information content (AvgIpc) is 1.46. The Hall–Kier alpha value is 1.47. The van der Waals surface area contributed by atoms with E-state index in [1.807, 2.05) is 0 Å². The molecule has 0 fully saturated rings. The minimum atomic E-state index is 1.47. The highest BCUT2D eigenvalue weighted by atomic mass is 127. The fourth-order valence-electron chi connectivity index (χ4n) is 0. The van der Waals surface area contributed by atoms with E-state index in [0.29, 0.717) is 0 Å². The molecular weight excluding hydrogens is 313 g/mol. The third-order valence-corrected chi connectivity index (χ3v) is 0. The van der Waals surface area contributed by atoms with Crippen LogP contribution in [0, 0.1) is 0 Å². The van der Waals surface area contributed by atoms with Crippen molar-refractivity contribution in [3.8, 4) is 0 Å². The smallest absolute Gasteiger partial charge is 0.0702 e. The Bertz CT molecular complexity index is 17.1. The molecule has 0 spiro atoms. The normalized spacial score (nSPS) is 3.00. The lowest BCUT2D eigenvalue weighted by Gasteiger charge is -1.07. The lowest BCUT2D eigenvalue weighted by Crippen LogP contribution is -1.21. The summed E-state index contributed by atoms with van der Waals surface area (Å²) in [6, 6.07) is 0. The van der Waals surface area contributed by atoms with Gasteiger partial charge in [-0.1, -0.05) is 28.9 Å². The van der Waals surface area contributed by atoms with Crippen LogP contribution in [0.15, 0.2) is 0 Å². The van der Waals surface area contributed by atoms with E-state index >= 15 is 0 Å². The second kappa shape index (κ2) is 17.9. The van der Waals surface area contributed by atoms with Crippen LogP contribution in [0.1, 0.15) is 0 Å². The van der Waals surface area contributed by atoms with E-state index in [1.54, 1.807) is 0 Å². The van der Waals surface area contributed by atoms with Gasteiger partial charge >= 0.3 is 26.9 Å². The van der Waals surface area contributed by atoms with E-state index < -0.39 is 0 Å². The molecule has 0 aliphatic rings. The number of hydrogen-bond acceptors (Lipinski definition) is 1. The zero-order valence-corrected chi connectivity index (χ0v) is 7.71. The van der Waals surface area contributed by atoms with Crippen LogP contribution in [-0.2, 0) is 4.79 Å². The lowest BCUT2D eigenvalue weighted by molar-refractivity contribution is 0.572. The summed E-state index contributed by atoms with van der Waals surface area (Å²) in [5, 5.41) is 0. The second-order valence-electron chi connectivity index (χ2n) is 0.0772. The van der Waals surface area contributed by atoms with Crippen molar-refractivity contribution >= 4 is 55.8 Å². The SMILES string of the molecule is O=[C+]I.PI. The summed E-state index contributed by atoms with van der Waals surface area (Å²) >= 11 is 3.55. The Morgan fingerprint density at radius 1 is 1.60 bits per heavy atom. The molecule has 0 heterocycles. The van der Waals surface area contributed by atoms with Crippen LogP contribution in [0.5, 0.6) is 0 Å². The van der Waals surface area contributed by atoms with Crippen LogP contribution in [0.2, 0.25) is 0 Å². The highest BCUT2D eigenvalue weighted by Crippen LogP contribution is 1.87. The van der Waals surface area contributed by atoms with Gasteiger partial charge < -0.3 is 0 Å². The van der Waals surface area contributed by atoms with Crippen LogP contribution < -0.4 is 0 Å². The molecule has 0 saturated carbocycles. The van der Waals surface area contributed by atoms with Gasteiger partial charge in [-0.05, 0) is 0 Å². The molecule has 0 saturated heterocycles. The molecule has 30 valence electrons. The summed E-state index contributed by atoms with van der Waals surface area (Å²) < 4.78 is 1.47. The molecule has 0 aliphatic carbocycles. The van der Waals surface area contributed by atoms with Crippen molar-refractivity contribution < 1.29 is 4.79 Å². The van der Waals surface area contributed by atoms with Crippen molar-refractivity contribution in [1.82, 2.24) is 0 Å². The van der Waals surface area contributed by atoms with Gasteiger partial charge in [-0.3, -0.25) is 0 Å². The van der Waals surface area contributed by atoms with E-state index in [-0.39, 0.29) is 0 Å². The van der Waals surface area contributed by atoms with Gasteiger partial charge in [-0.2, -0.15) is 0 Å². The molecule has 0 bridgehead atoms. The topological polar surface area (TPSA) is 17.1 Å². The monoisotopic (exact) mass is 315 g/mol. The van der Waals surface area contributed by atoms with E-state index in [1.165, 1.54) is 26.9 Å². The van der Waals surface area contributed by atoms with Crippen molar-refractivity contribution in [2.45, 2.75) is 0 Å². The first-order chi connectivity index (χ1) is 2.41. The predicted molar refractivity (Wildman–Crippen MR) is 43.4 cm³/mol. The Morgan fingerprint density at radius 2 is 1.60 bits per heavy atom. The quantitative estimate of drug-likeness (QED) is 0.288. The number of rotatable bonds is 0. The summed E-state index contributed by atoms with van der Waals surface area (Å²) in [6.07, 6.45) is 0. The number of hydrogen-bond donors (Lipinski definition) is 0. The highest BCUT2D eigenvalue weighted by Gasteiger charge is 1.67. The molecule has 0 aromatic rings. The molecule has 4 heteroatoms. The molecule has 1 unspecified atom stereocenters. The van der Waals surface area contributed by atoms with Gasteiger partial charge in [0.15, 0.2) is 0 Å². The van der Waals surface area contributed by atoms with Crippen molar-refractivity contribution in [3.63, 3.8) is 0 Å². The van der Waals surface area contributed by atoms with Crippen LogP contribution in [-0.4, -0.2) is 4.29 Å². The number of halogens is 2. The van der Waals surface area contributed by atoms with Crippen molar-refractivity contribution in [1.29, 1.82) is 0 Å². The van der Waals surface area contributed by atoms with Gasteiger partial charge in [0, 0.05) is 4.79 Å². The number of carbonyl (C=O) groups excluding carboxylic acids is 1. The molecule has 1 nitrogen and oxygen atoms in total. The molecule has 0 radical (unpaired) electrons. The molecule has 0 aromatic carbocycles. The second-order valence-corrected chi connectivity index (χ2v) is 0.518. The fraction of sp³-hybridized carbons (Fsp3) is 0. The molecule has 0 aromatic heterocycles.